The zero-order valence-corrected chi connectivity index (χ0v) is 10.9. The Morgan fingerprint density at radius 2 is 1.74 bits per heavy atom. The molecule has 0 saturated heterocycles. The number of ether oxygens (including phenoxy) is 2. The molecule has 0 heterocycles. The minimum atomic E-state index is -0.751. The summed E-state index contributed by atoms with van der Waals surface area (Å²) in [6.45, 7) is 3.73. The van der Waals surface area contributed by atoms with Gasteiger partial charge in [0.1, 0.15) is 0 Å². The molecule has 0 aliphatic heterocycles. The number of hydrazine groups is 2. The van der Waals surface area contributed by atoms with E-state index < -0.39 is 12.2 Å². The Bertz CT molecular complexity index is 411. The molecule has 0 radical (unpaired) electrons. The van der Waals surface area contributed by atoms with Crippen LogP contribution in [-0.4, -0.2) is 30.5 Å². The number of rotatable bonds is 4. The van der Waals surface area contributed by atoms with Crippen molar-refractivity contribution in [1.82, 2.24) is 10.5 Å². The minimum absolute atomic E-state index is 0.191. The molecule has 7 heteroatoms. The number of para-hydroxylation sites is 1. The van der Waals surface area contributed by atoms with E-state index in [-0.39, 0.29) is 13.2 Å². The molecule has 2 N–H and O–H groups in total. The van der Waals surface area contributed by atoms with Crippen molar-refractivity contribution in [2.24, 2.45) is 0 Å². The van der Waals surface area contributed by atoms with Gasteiger partial charge in [-0.1, -0.05) is 18.2 Å². The van der Waals surface area contributed by atoms with Crippen molar-refractivity contribution in [3.05, 3.63) is 30.3 Å². The second kappa shape index (κ2) is 7.80. The maximum atomic E-state index is 11.7. The highest BCUT2D eigenvalue weighted by atomic mass is 16.6. The van der Waals surface area contributed by atoms with Crippen LogP contribution in [0, 0.1) is 0 Å². The molecule has 0 bridgehead atoms. The first-order valence-electron chi connectivity index (χ1n) is 5.89. The summed E-state index contributed by atoms with van der Waals surface area (Å²) in [6.07, 6.45) is -1.49. The molecule has 1 aromatic carbocycles. The number of hydrogen-bond acceptors (Lipinski definition) is 5. The second-order valence-electron chi connectivity index (χ2n) is 3.34. The first kappa shape index (κ1) is 14.6. The third-order valence-corrected chi connectivity index (χ3v) is 1.94. The van der Waals surface area contributed by atoms with Crippen molar-refractivity contribution in [2.45, 2.75) is 13.8 Å². The molecule has 104 valence electrons. The third kappa shape index (κ3) is 5.15. The van der Waals surface area contributed by atoms with Gasteiger partial charge in [-0.25, -0.2) is 15.0 Å². The van der Waals surface area contributed by atoms with Crippen molar-refractivity contribution < 1.29 is 19.1 Å². The Hall–Kier alpha value is -2.44. The van der Waals surface area contributed by atoms with Gasteiger partial charge < -0.3 is 9.47 Å². The minimum Gasteiger partial charge on any atom is -0.449 e. The molecule has 0 fully saturated rings. The second-order valence-corrected chi connectivity index (χ2v) is 3.34. The van der Waals surface area contributed by atoms with Gasteiger partial charge in [0.05, 0.1) is 18.9 Å². The molecule has 0 saturated carbocycles. The topological polar surface area (TPSA) is 79.9 Å². The van der Waals surface area contributed by atoms with E-state index in [0.717, 1.165) is 5.12 Å². The molecule has 0 atom stereocenters. The van der Waals surface area contributed by atoms with Crippen molar-refractivity contribution >= 4 is 17.9 Å². The zero-order chi connectivity index (χ0) is 14.1. The predicted molar refractivity (Wildman–Crippen MR) is 69.1 cm³/mol. The summed E-state index contributed by atoms with van der Waals surface area (Å²) in [5.41, 5.74) is 5.56. The molecule has 0 aliphatic rings. The number of anilines is 1. The van der Waals surface area contributed by atoms with Crippen LogP contribution in [0.25, 0.3) is 0 Å². The average Bonchev–Trinajstić information content (AvgIpc) is 2.40. The van der Waals surface area contributed by atoms with E-state index >= 15 is 0 Å². The van der Waals surface area contributed by atoms with Crippen LogP contribution in [0.15, 0.2) is 30.3 Å². The van der Waals surface area contributed by atoms with E-state index in [4.69, 9.17) is 9.47 Å². The number of carbonyl (C=O) groups is 2. The van der Waals surface area contributed by atoms with E-state index in [1.54, 1.807) is 38.1 Å². The van der Waals surface area contributed by atoms with Gasteiger partial charge in [0.2, 0.25) is 0 Å². The van der Waals surface area contributed by atoms with Crippen LogP contribution in [0.5, 0.6) is 0 Å². The Kier molecular flexibility index (Phi) is 6.00. The number of nitrogens with one attached hydrogen (secondary N) is 2. The average molecular weight is 267 g/mol. The summed E-state index contributed by atoms with van der Waals surface area (Å²) < 4.78 is 9.51. The lowest BCUT2D eigenvalue weighted by molar-refractivity contribution is 0.0843. The molecule has 2 amide bonds. The number of hydrogen-bond donors (Lipinski definition) is 2. The highest BCUT2D eigenvalue weighted by molar-refractivity contribution is 5.75. The van der Waals surface area contributed by atoms with Gasteiger partial charge in [-0.15, -0.1) is 5.12 Å². The molecule has 0 aliphatic carbocycles. The summed E-state index contributed by atoms with van der Waals surface area (Å²) in [6, 6.07) is 8.88. The highest BCUT2D eigenvalue weighted by Crippen LogP contribution is 2.06. The van der Waals surface area contributed by atoms with Crippen LogP contribution in [-0.2, 0) is 9.47 Å². The normalized spacial score (nSPS) is 9.37. The van der Waals surface area contributed by atoms with Crippen LogP contribution >= 0.6 is 0 Å². The van der Waals surface area contributed by atoms with E-state index in [9.17, 15) is 9.59 Å². The van der Waals surface area contributed by atoms with Gasteiger partial charge >= 0.3 is 12.2 Å². The molecule has 1 rings (SSSR count). The molecule has 0 spiro atoms. The number of nitrogens with zero attached hydrogens (tertiary/aromatic N) is 1. The van der Waals surface area contributed by atoms with Crippen LogP contribution in [0.4, 0.5) is 15.3 Å². The van der Waals surface area contributed by atoms with E-state index in [1.165, 1.54) is 0 Å². The fourth-order valence-corrected chi connectivity index (χ4v) is 1.20. The van der Waals surface area contributed by atoms with Crippen LogP contribution < -0.4 is 10.9 Å². The van der Waals surface area contributed by atoms with Gasteiger partial charge in [-0.2, -0.15) is 0 Å². The Balaban J connectivity index is 2.69. The number of amides is 2. The van der Waals surface area contributed by atoms with E-state index in [1.807, 2.05) is 6.07 Å². The van der Waals surface area contributed by atoms with Gasteiger partial charge in [0, 0.05) is 0 Å². The molecule has 7 nitrogen and oxygen atoms in total. The fraction of sp³-hybridized carbons (Fsp3) is 0.333. The fourth-order valence-electron chi connectivity index (χ4n) is 1.20. The maximum absolute atomic E-state index is 11.7. The largest absolute Gasteiger partial charge is 0.449 e. The van der Waals surface area contributed by atoms with Crippen LogP contribution in [0.2, 0.25) is 0 Å². The summed E-state index contributed by atoms with van der Waals surface area (Å²) in [5.74, 6) is 0. The summed E-state index contributed by atoms with van der Waals surface area (Å²) in [5, 5.41) is 0.830. The standard InChI is InChI=1S/C12H17N3O4/c1-3-18-11(16)14-15(12(17)19-4-2)13-10-8-6-5-7-9-10/h5-9,13H,3-4H2,1-2H3,(H,14,16). The van der Waals surface area contributed by atoms with Crippen molar-refractivity contribution in [2.75, 3.05) is 18.6 Å². The molecule has 0 aromatic heterocycles. The molecule has 0 unspecified atom stereocenters. The maximum Gasteiger partial charge on any atom is 0.448 e. The van der Waals surface area contributed by atoms with Crippen LogP contribution in [0.1, 0.15) is 13.8 Å². The van der Waals surface area contributed by atoms with Gasteiger partial charge in [-0.05, 0) is 26.0 Å². The molecule has 1 aromatic rings. The predicted octanol–water partition coefficient (Wildman–Crippen LogP) is 2.13. The summed E-state index contributed by atoms with van der Waals surface area (Å²) in [4.78, 5) is 23.0. The summed E-state index contributed by atoms with van der Waals surface area (Å²) >= 11 is 0. The zero-order valence-electron chi connectivity index (χ0n) is 10.9. The number of benzene rings is 1. The quantitative estimate of drug-likeness (QED) is 0.817. The number of carbonyl (C=O) groups excluding carboxylic acids is 2. The van der Waals surface area contributed by atoms with E-state index in [2.05, 4.69) is 10.9 Å². The molecular weight excluding hydrogens is 250 g/mol. The van der Waals surface area contributed by atoms with Crippen molar-refractivity contribution in [3.63, 3.8) is 0 Å². The van der Waals surface area contributed by atoms with Gasteiger partial charge in [-0.3, -0.25) is 5.43 Å². The van der Waals surface area contributed by atoms with Crippen LogP contribution in [0.3, 0.4) is 0 Å². The van der Waals surface area contributed by atoms with Crippen molar-refractivity contribution in [1.29, 1.82) is 0 Å². The van der Waals surface area contributed by atoms with Crippen molar-refractivity contribution in [3.8, 4) is 0 Å². The Morgan fingerprint density at radius 3 is 2.32 bits per heavy atom. The lowest BCUT2D eigenvalue weighted by atomic mass is 10.3. The molecular formula is C12H17N3O4. The Morgan fingerprint density at radius 1 is 1.11 bits per heavy atom. The van der Waals surface area contributed by atoms with E-state index in [0.29, 0.717) is 5.69 Å². The highest BCUT2D eigenvalue weighted by Gasteiger charge is 2.18. The first-order chi connectivity index (χ1) is 9.17. The monoisotopic (exact) mass is 267 g/mol. The first-order valence-corrected chi connectivity index (χ1v) is 5.89. The van der Waals surface area contributed by atoms with Gasteiger partial charge in [0.25, 0.3) is 0 Å². The molecule has 19 heavy (non-hydrogen) atoms. The lowest BCUT2D eigenvalue weighted by Crippen LogP contribution is -2.50. The smallest absolute Gasteiger partial charge is 0.448 e. The van der Waals surface area contributed by atoms with Gasteiger partial charge in [0.15, 0.2) is 0 Å². The lowest BCUT2D eigenvalue weighted by Gasteiger charge is -2.23. The third-order valence-electron chi connectivity index (χ3n) is 1.94. The summed E-state index contributed by atoms with van der Waals surface area (Å²) in [7, 11) is 0. The SMILES string of the molecule is CCOC(=O)NN(Nc1ccccc1)C(=O)OCC. The Labute approximate surface area is 111 Å².